The highest BCUT2D eigenvalue weighted by atomic mass is 16.6. The molecule has 0 saturated carbocycles. The fraction of sp³-hybridized carbons (Fsp3) is 0.310. The summed E-state index contributed by atoms with van der Waals surface area (Å²) in [5, 5.41) is 2.58. The van der Waals surface area contributed by atoms with E-state index in [1.54, 1.807) is 0 Å². The minimum atomic E-state index is -0.996. The average molecular weight is 505 g/mol. The number of nitrogens with zero attached hydrogens (tertiary/aromatic N) is 1. The van der Waals surface area contributed by atoms with Crippen molar-refractivity contribution in [1.82, 2.24) is 10.3 Å². The highest BCUT2D eigenvalue weighted by Gasteiger charge is 2.29. The van der Waals surface area contributed by atoms with E-state index in [9.17, 15) is 14.4 Å². The van der Waals surface area contributed by atoms with Gasteiger partial charge in [0.25, 0.3) is 5.91 Å². The fourth-order valence-corrected chi connectivity index (χ4v) is 3.95. The summed E-state index contributed by atoms with van der Waals surface area (Å²) in [6.45, 7) is 8.59. The molecular formula is C29H32N2O6. The largest absolute Gasteiger partial charge is 0.493 e. The molecule has 1 amide bonds. The van der Waals surface area contributed by atoms with Gasteiger partial charge < -0.3 is 19.5 Å². The summed E-state index contributed by atoms with van der Waals surface area (Å²) in [6.07, 6.45) is 0.823. The maximum absolute atomic E-state index is 13.0. The first-order valence-corrected chi connectivity index (χ1v) is 12.0. The van der Waals surface area contributed by atoms with E-state index in [-0.39, 0.29) is 23.1 Å². The fourth-order valence-electron chi connectivity index (χ4n) is 3.95. The Kier molecular flexibility index (Phi) is 9.00. The van der Waals surface area contributed by atoms with Crippen molar-refractivity contribution >= 4 is 17.8 Å². The summed E-state index contributed by atoms with van der Waals surface area (Å²) in [6, 6.07) is 16.7. The Balaban J connectivity index is 1.78. The van der Waals surface area contributed by atoms with Crippen LogP contribution in [0.15, 0.2) is 60.8 Å². The Morgan fingerprint density at radius 2 is 1.41 bits per heavy atom. The van der Waals surface area contributed by atoms with E-state index < -0.39 is 30.0 Å². The molecule has 0 unspecified atom stereocenters. The molecule has 0 aliphatic rings. The van der Waals surface area contributed by atoms with Crippen molar-refractivity contribution in [3.63, 3.8) is 0 Å². The van der Waals surface area contributed by atoms with Gasteiger partial charge in [-0.3, -0.25) is 9.59 Å². The molecule has 2 aromatic carbocycles. The lowest BCUT2D eigenvalue weighted by Gasteiger charge is -2.27. The third-order valence-corrected chi connectivity index (χ3v) is 5.89. The first-order chi connectivity index (χ1) is 17.6. The standard InChI is InChI=1S/C29H32N2O6/c1-17-7-11-22(12-8-17)25(23-13-9-18(2)10-14-23)20(4)36-29(34)19(3)31-28(33)26-27(37-21(5)32)24(35-6)15-16-30-26/h7-16,19-20,25H,1-6H3,(H,31,33)/t19-,20-/m0/s1. The van der Waals surface area contributed by atoms with Crippen LogP contribution in [0, 0.1) is 13.8 Å². The zero-order chi connectivity index (χ0) is 27.1. The topological polar surface area (TPSA) is 104 Å². The van der Waals surface area contributed by atoms with E-state index in [2.05, 4.69) is 10.3 Å². The van der Waals surface area contributed by atoms with Crippen LogP contribution in [0.2, 0.25) is 0 Å². The van der Waals surface area contributed by atoms with Crippen LogP contribution >= 0.6 is 0 Å². The van der Waals surface area contributed by atoms with Gasteiger partial charge in [-0.15, -0.1) is 0 Å². The van der Waals surface area contributed by atoms with Gasteiger partial charge in [0.15, 0.2) is 11.4 Å². The van der Waals surface area contributed by atoms with Gasteiger partial charge in [-0.05, 0) is 38.8 Å². The number of pyridine rings is 1. The molecule has 0 fully saturated rings. The second-order valence-corrected chi connectivity index (χ2v) is 8.92. The Hall–Kier alpha value is -4.20. The van der Waals surface area contributed by atoms with Crippen LogP contribution < -0.4 is 14.8 Å². The molecule has 0 radical (unpaired) electrons. The van der Waals surface area contributed by atoms with E-state index in [4.69, 9.17) is 14.2 Å². The number of carbonyl (C=O) groups excluding carboxylic acids is 3. The molecule has 8 heteroatoms. The summed E-state index contributed by atoms with van der Waals surface area (Å²) in [7, 11) is 1.38. The number of amides is 1. The van der Waals surface area contributed by atoms with Crippen molar-refractivity contribution in [2.75, 3.05) is 7.11 Å². The molecule has 3 rings (SSSR count). The molecule has 0 aliphatic carbocycles. The molecule has 1 N–H and O–H groups in total. The quantitative estimate of drug-likeness (QED) is 0.428. The van der Waals surface area contributed by atoms with E-state index in [0.717, 1.165) is 22.3 Å². The smallest absolute Gasteiger partial charge is 0.328 e. The Morgan fingerprint density at radius 1 is 0.865 bits per heavy atom. The van der Waals surface area contributed by atoms with Crippen LogP contribution in [0.4, 0.5) is 0 Å². The Bertz CT molecular complexity index is 1210. The van der Waals surface area contributed by atoms with Crippen LogP contribution in [0.1, 0.15) is 59.4 Å². The Labute approximate surface area is 217 Å². The number of ether oxygens (including phenoxy) is 3. The molecular weight excluding hydrogens is 472 g/mol. The van der Waals surface area contributed by atoms with Crippen molar-refractivity contribution in [2.24, 2.45) is 0 Å². The predicted molar refractivity (Wildman–Crippen MR) is 139 cm³/mol. The number of aromatic nitrogens is 1. The molecule has 0 bridgehead atoms. The summed E-state index contributed by atoms with van der Waals surface area (Å²) >= 11 is 0. The Morgan fingerprint density at radius 3 is 1.89 bits per heavy atom. The molecule has 3 aromatic rings. The van der Waals surface area contributed by atoms with Gasteiger partial charge in [-0.1, -0.05) is 59.7 Å². The minimum Gasteiger partial charge on any atom is -0.493 e. The molecule has 1 aromatic heterocycles. The van der Waals surface area contributed by atoms with Crippen LogP contribution in [0.3, 0.4) is 0 Å². The van der Waals surface area contributed by atoms with Gasteiger partial charge >= 0.3 is 11.9 Å². The van der Waals surface area contributed by atoms with Crippen LogP contribution in [0.25, 0.3) is 0 Å². The van der Waals surface area contributed by atoms with Crippen LogP contribution in [-0.4, -0.2) is 42.1 Å². The van der Waals surface area contributed by atoms with E-state index >= 15 is 0 Å². The molecule has 8 nitrogen and oxygen atoms in total. The number of carbonyl (C=O) groups is 3. The van der Waals surface area contributed by atoms with E-state index in [1.165, 1.54) is 33.2 Å². The predicted octanol–water partition coefficient (Wildman–Crippen LogP) is 4.51. The molecule has 2 atom stereocenters. The number of rotatable bonds is 9. The van der Waals surface area contributed by atoms with Crippen LogP contribution in [-0.2, 0) is 14.3 Å². The summed E-state index contributed by atoms with van der Waals surface area (Å²) in [5.41, 5.74) is 4.11. The number of benzene rings is 2. The monoisotopic (exact) mass is 504 g/mol. The first-order valence-electron chi connectivity index (χ1n) is 12.0. The lowest BCUT2D eigenvalue weighted by atomic mass is 9.86. The lowest BCUT2D eigenvalue weighted by Crippen LogP contribution is -2.41. The van der Waals surface area contributed by atoms with Crippen LogP contribution in [0.5, 0.6) is 11.5 Å². The maximum atomic E-state index is 13.0. The van der Waals surface area contributed by atoms with Gasteiger partial charge in [-0.25, -0.2) is 9.78 Å². The second kappa shape index (κ2) is 12.2. The highest BCUT2D eigenvalue weighted by Crippen LogP contribution is 2.31. The van der Waals surface area contributed by atoms with Crippen molar-refractivity contribution in [3.05, 3.63) is 88.7 Å². The maximum Gasteiger partial charge on any atom is 0.328 e. The van der Waals surface area contributed by atoms with Gasteiger partial charge in [0.05, 0.1) is 7.11 Å². The average Bonchev–Trinajstić information content (AvgIpc) is 2.86. The summed E-state index contributed by atoms with van der Waals surface area (Å²) in [4.78, 5) is 41.5. The number of esters is 2. The van der Waals surface area contributed by atoms with E-state index in [1.807, 2.05) is 69.3 Å². The van der Waals surface area contributed by atoms with E-state index in [0.29, 0.717) is 0 Å². The van der Waals surface area contributed by atoms with Crippen molar-refractivity contribution in [2.45, 2.75) is 52.7 Å². The van der Waals surface area contributed by atoms with Gasteiger partial charge in [0.2, 0.25) is 5.75 Å². The third-order valence-electron chi connectivity index (χ3n) is 5.89. The number of nitrogens with one attached hydrogen (secondary N) is 1. The molecule has 0 spiro atoms. The number of aryl methyl sites for hydroxylation is 2. The zero-order valence-corrected chi connectivity index (χ0v) is 21.9. The van der Waals surface area contributed by atoms with Crippen molar-refractivity contribution in [3.8, 4) is 11.5 Å². The van der Waals surface area contributed by atoms with Gasteiger partial charge in [0.1, 0.15) is 12.1 Å². The normalized spacial score (nSPS) is 12.4. The number of methoxy groups -OCH3 is 1. The van der Waals surface area contributed by atoms with Crippen molar-refractivity contribution in [1.29, 1.82) is 0 Å². The zero-order valence-electron chi connectivity index (χ0n) is 21.9. The molecule has 194 valence electrons. The van der Waals surface area contributed by atoms with Gasteiger partial charge in [0, 0.05) is 25.1 Å². The summed E-state index contributed by atoms with van der Waals surface area (Å²) < 4.78 is 16.2. The molecule has 37 heavy (non-hydrogen) atoms. The molecule has 0 aliphatic heterocycles. The number of hydrogen-bond donors (Lipinski definition) is 1. The molecule has 1 heterocycles. The highest BCUT2D eigenvalue weighted by molar-refractivity contribution is 5.98. The molecule has 0 saturated heterocycles. The first kappa shape index (κ1) is 27.4. The summed E-state index contributed by atoms with van der Waals surface area (Å²) in [5.74, 6) is -2.12. The lowest BCUT2D eigenvalue weighted by molar-refractivity contribution is -0.150. The number of hydrogen-bond acceptors (Lipinski definition) is 7. The van der Waals surface area contributed by atoms with Gasteiger partial charge in [-0.2, -0.15) is 0 Å². The third kappa shape index (κ3) is 6.94. The second-order valence-electron chi connectivity index (χ2n) is 8.92. The SMILES string of the molecule is COc1ccnc(C(=O)N[C@@H](C)C(=O)O[C@@H](C)C(c2ccc(C)cc2)c2ccc(C)cc2)c1OC(C)=O. The minimum absolute atomic E-state index is 0.122. The van der Waals surface area contributed by atoms with Crippen molar-refractivity contribution < 1.29 is 28.6 Å².